The van der Waals surface area contributed by atoms with Gasteiger partial charge >= 0.3 is 54.9 Å². The van der Waals surface area contributed by atoms with Crippen molar-refractivity contribution in [1.29, 1.82) is 0 Å². The van der Waals surface area contributed by atoms with Gasteiger partial charge in [0.05, 0.1) is 67.4 Å². The Balaban J connectivity index is 0.000000112. The topological polar surface area (TPSA) is 71.3 Å². The van der Waals surface area contributed by atoms with Crippen molar-refractivity contribution in [3.05, 3.63) is 432 Å². The van der Waals surface area contributed by atoms with Crippen molar-refractivity contribution >= 4 is 149 Å². The van der Waals surface area contributed by atoms with Crippen LogP contribution in [-0.2, 0) is 35.8 Å². The first-order chi connectivity index (χ1) is 64.4. The predicted molar refractivity (Wildman–Crippen MR) is 531 cm³/mol. The van der Waals surface area contributed by atoms with E-state index in [0.29, 0.717) is 0 Å². The van der Waals surface area contributed by atoms with E-state index in [2.05, 4.69) is 384 Å². The molecule has 24 rings (SSSR count). The van der Waals surface area contributed by atoms with Crippen LogP contribution in [0.1, 0.15) is 44.5 Å². The molecule has 0 bridgehead atoms. The Kier molecular flexibility index (Phi) is 24.5. The Labute approximate surface area is 790 Å². The monoisotopic (exact) mass is 2120 g/mol. The van der Waals surface area contributed by atoms with Gasteiger partial charge in [0.25, 0.3) is 0 Å². The van der Waals surface area contributed by atoms with Crippen LogP contribution >= 0.6 is 19.2 Å². The molecule has 0 spiro atoms. The maximum atomic E-state index is 13.7. The molecule has 20 aromatic carbocycles. The normalized spacial score (nSPS) is 11.3. The fourth-order valence-electron chi connectivity index (χ4n) is 19.0. The average Bonchev–Trinajstić information content (AvgIpc) is 1.58. The summed E-state index contributed by atoms with van der Waals surface area (Å²) in [6.07, 6.45) is 0. The van der Waals surface area contributed by atoms with E-state index in [9.17, 15) is 17.6 Å². The van der Waals surface area contributed by atoms with E-state index in [4.69, 9.17) is 19.9 Å². The van der Waals surface area contributed by atoms with Crippen LogP contribution in [0.25, 0.3) is 199 Å². The van der Waals surface area contributed by atoms with E-state index in [-0.39, 0.29) is 23.3 Å². The molecule has 24 aromatic rings. The zero-order chi connectivity index (χ0) is 91.3. The molecule has 0 N–H and O–H groups in total. The molecule has 0 fully saturated rings. The zero-order valence-electron chi connectivity index (χ0n) is 72.8. The molecule has 0 saturated carbocycles. The van der Waals surface area contributed by atoms with Crippen LogP contribution in [0.4, 0.5) is 17.6 Å². The molecule has 8 nitrogen and oxygen atoms in total. The van der Waals surface area contributed by atoms with Crippen LogP contribution in [0, 0.1) is 103 Å². The van der Waals surface area contributed by atoms with Crippen molar-refractivity contribution < 1.29 is 53.3 Å². The van der Waals surface area contributed by atoms with Crippen molar-refractivity contribution in [3.63, 3.8) is 0 Å². The third-order valence-corrected chi connectivity index (χ3v) is 24.0. The van der Waals surface area contributed by atoms with Crippen molar-refractivity contribution in [2.24, 2.45) is 0 Å². The van der Waals surface area contributed by atoms with Gasteiger partial charge in [0, 0.05) is 89.1 Å². The quantitative estimate of drug-likeness (QED) is 0.0863. The molecular weight excluding hydrogens is 2040 g/mol. The molecule has 0 amide bonds. The number of hydrogen-bond donors (Lipinski definition) is 0. The molecule has 4 aromatic heterocycles. The molecule has 0 aliphatic carbocycles. The first-order valence-corrected chi connectivity index (χ1v) is 48.9. The molecule has 644 valence electrons. The second-order valence-corrected chi connectivity index (χ2v) is 33.3. The van der Waals surface area contributed by atoms with Gasteiger partial charge < -0.3 is 18.3 Å². The van der Waals surface area contributed by atoms with Gasteiger partial charge in [-0.15, -0.1) is 119 Å². The number of imidazole rings is 4. The van der Waals surface area contributed by atoms with Gasteiger partial charge in [-0.2, -0.15) is 0 Å². The second-order valence-electron chi connectivity index (χ2n) is 33.3. The van der Waals surface area contributed by atoms with Gasteiger partial charge in [-0.3, -0.25) is 37.5 Å². The third kappa shape index (κ3) is 16.4. The van der Waals surface area contributed by atoms with Crippen LogP contribution in [-0.4, -0.2) is 38.2 Å². The summed E-state index contributed by atoms with van der Waals surface area (Å²) in [7, 11) is 9.28. The minimum atomic E-state index is -0.307. The van der Waals surface area contributed by atoms with E-state index >= 15 is 0 Å². The van der Waals surface area contributed by atoms with Crippen LogP contribution in [0.3, 0.4) is 0 Å². The van der Waals surface area contributed by atoms with E-state index in [1.54, 1.807) is 24.3 Å². The van der Waals surface area contributed by atoms with Crippen LogP contribution in [0.2, 0.25) is 0 Å². The zero-order valence-corrected chi connectivity index (χ0v) is 79.1. The van der Waals surface area contributed by atoms with Gasteiger partial charge in [-0.25, -0.2) is 0 Å². The van der Waals surface area contributed by atoms with Crippen LogP contribution < -0.4 is 0 Å². The summed E-state index contributed by atoms with van der Waals surface area (Å²) in [4.78, 5) is 20.5. The van der Waals surface area contributed by atoms with Gasteiger partial charge in [-0.1, -0.05) is 218 Å². The fourth-order valence-corrected chi connectivity index (χ4v) is 19.0. The summed E-state index contributed by atoms with van der Waals surface area (Å²) in [5, 5.41) is 18.4. The number of aromatic nitrogens is 8. The predicted octanol–water partition coefficient (Wildman–Crippen LogP) is 31.6. The number of fused-ring (bicyclic) bond motifs is 24. The second kappa shape index (κ2) is 37.1. The number of benzene rings is 20. The average molecular weight is 2120 g/mol. The van der Waals surface area contributed by atoms with Crippen molar-refractivity contribution in [1.82, 2.24) is 38.2 Å². The molecular formula is C116H80Cl2F4Ir2N8. The standard InChI is InChI=1S/4C29H20FN2.2ClH.2Ir/c4*1-18-15-19(2)17-22(16-18)32-28-26-10-6-4-8-24(26)23-7-3-5-9-25(23)27(28)31-29(32)20-11-13-21(30)14-12-20;;;;/h4*3-11,13-17H,1-2H3;2*1H;;/q4*-1;;;2*+3/p-2. The molecule has 0 atom stereocenters. The first kappa shape index (κ1) is 87.3. The van der Waals surface area contributed by atoms with Crippen molar-refractivity contribution in [2.45, 2.75) is 55.4 Å². The van der Waals surface area contributed by atoms with E-state index in [1.807, 2.05) is 0 Å². The van der Waals surface area contributed by atoms with Crippen molar-refractivity contribution in [3.8, 4) is 68.3 Å². The Hall–Kier alpha value is -14.0. The molecule has 132 heavy (non-hydrogen) atoms. The van der Waals surface area contributed by atoms with Crippen LogP contribution in [0.15, 0.2) is 340 Å². The summed E-state index contributed by atoms with van der Waals surface area (Å²) in [6, 6.07) is 124. The Morgan fingerprint density at radius 1 is 0.205 bits per heavy atom. The van der Waals surface area contributed by atoms with Gasteiger partial charge in [0.15, 0.2) is 0 Å². The summed E-state index contributed by atoms with van der Waals surface area (Å²) in [6.45, 7) is 16.8. The molecule has 4 heterocycles. The summed E-state index contributed by atoms with van der Waals surface area (Å²) < 4.78 is 63.6. The number of hydrogen-bond acceptors (Lipinski definition) is 4. The minimum absolute atomic E-state index is 0.307. The van der Waals surface area contributed by atoms with Gasteiger partial charge in [0.2, 0.25) is 0 Å². The SMILES string of the molecule is Cc1cc(C)cc(-n2c(-c3[c-]cc(F)cc3)nc3c4ccccc4c4ccccc4c32)c1.Cc1cc(C)cc(-n2c(-c3[c-]cc(F)cc3)nc3c4ccccc4c4ccccc4c32)c1.Cc1cc(C)cc(-n2c(-c3[c-]cc(F)cc3)nc3c4ccccc4c4ccccc4c32)c1.Cc1cc(C)cc(-n2c(-c3[c-]cc(F)cc3)nc3c4ccccc4c4ccccc4c32)c1.[Cl][Ir+2].[Cl][Ir+2]. The molecule has 0 aliphatic rings. The van der Waals surface area contributed by atoms with Crippen molar-refractivity contribution in [2.75, 3.05) is 0 Å². The van der Waals surface area contributed by atoms with E-state index in [0.717, 1.165) is 156 Å². The van der Waals surface area contributed by atoms with Gasteiger partial charge in [0.1, 0.15) is 0 Å². The number of halogens is 6. The molecule has 0 unspecified atom stereocenters. The van der Waals surface area contributed by atoms with E-state index < -0.39 is 0 Å². The molecule has 0 radical (unpaired) electrons. The Morgan fingerprint density at radius 2 is 0.356 bits per heavy atom. The fraction of sp³-hybridized carbons (Fsp3) is 0.0690. The number of aryl methyl sites for hydroxylation is 8. The van der Waals surface area contributed by atoms with E-state index in [1.165, 1.54) is 172 Å². The number of rotatable bonds is 8. The Morgan fingerprint density at radius 3 is 0.515 bits per heavy atom. The third-order valence-electron chi connectivity index (χ3n) is 24.0. The summed E-state index contributed by atoms with van der Waals surface area (Å²) in [5.41, 5.74) is 24.6. The van der Waals surface area contributed by atoms with Crippen LogP contribution in [0.5, 0.6) is 0 Å². The summed E-state index contributed by atoms with van der Waals surface area (Å²) in [5.74, 6) is 1.80. The summed E-state index contributed by atoms with van der Waals surface area (Å²) >= 11 is 2.94. The molecule has 16 heteroatoms. The van der Waals surface area contributed by atoms with Gasteiger partial charge in [-0.05, 0) is 192 Å². The first-order valence-electron chi connectivity index (χ1n) is 43.0. The molecule has 0 saturated heterocycles. The molecule has 0 aliphatic heterocycles. The number of nitrogens with zero attached hydrogens (tertiary/aromatic N) is 8. The Bertz CT molecular complexity index is 7520. The maximum absolute atomic E-state index is 13.7.